The summed E-state index contributed by atoms with van der Waals surface area (Å²) in [6.45, 7) is 4.42. The number of rotatable bonds is 11. The van der Waals surface area contributed by atoms with Crippen LogP contribution in [0.1, 0.15) is 27.0 Å². The Labute approximate surface area is 224 Å². The van der Waals surface area contributed by atoms with Gasteiger partial charge < -0.3 is 35.3 Å². The number of nitrogen functional groups attached to an aromatic ring is 1. The molecule has 212 valence electrons. The van der Waals surface area contributed by atoms with Crippen LogP contribution in [0, 0.1) is 0 Å². The number of aliphatic hydroxyl groups excluding tert-OH is 1. The maximum atomic E-state index is 13.7. The van der Waals surface area contributed by atoms with Crippen molar-refractivity contribution < 1.29 is 37.7 Å². The first-order valence-corrected chi connectivity index (χ1v) is 13.6. The Morgan fingerprint density at radius 2 is 2.05 bits per heavy atom. The molecule has 1 aromatic carbocycles. The monoisotopic (exact) mass is 565 g/mol. The molecule has 0 bridgehead atoms. The number of benzene rings is 1. The van der Waals surface area contributed by atoms with Crippen LogP contribution in [-0.4, -0.2) is 74.7 Å². The Hall–Kier alpha value is -3.33. The first-order valence-electron chi connectivity index (χ1n) is 12.1. The van der Waals surface area contributed by atoms with E-state index in [1.807, 2.05) is 0 Å². The van der Waals surface area contributed by atoms with E-state index in [2.05, 4.69) is 20.0 Å². The summed E-state index contributed by atoms with van der Waals surface area (Å²) in [5, 5.41) is 13.6. The minimum atomic E-state index is -4.19. The first kappa shape index (κ1) is 28.7. The third-order valence-electron chi connectivity index (χ3n) is 6.05. The maximum Gasteiger partial charge on any atom is 0.459 e. The lowest BCUT2D eigenvalue weighted by molar-refractivity contribution is -0.144. The molecule has 39 heavy (non-hydrogen) atoms. The van der Waals surface area contributed by atoms with Crippen LogP contribution in [0.25, 0.3) is 11.2 Å². The van der Waals surface area contributed by atoms with Crippen molar-refractivity contribution in [3.05, 3.63) is 36.7 Å². The van der Waals surface area contributed by atoms with Crippen molar-refractivity contribution in [2.24, 2.45) is 5.73 Å². The molecule has 16 heteroatoms. The number of aromatic nitrogens is 4. The first-order chi connectivity index (χ1) is 18.5. The number of nitrogens with one attached hydrogen (secondary N) is 1. The van der Waals surface area contributed by atoms with Gasteiger partial charge in [-0.1, -0.05) is 18.2 Å². The molecular formula is C23H32N7O8P. The van der Waals surface area contributed by atoms with Crippen LogP contribution in [0.4, 0.5) is 5.95 Å². The predicted octanol–water partition coefficient (Wildman–Crippen LogP) is 1.14. The van der Waals surface area contributed by atoms with Gasteiger partial charge in [0.1, 0.15) is 24.0 Å². The Bertz CT molecular complexity index is 1350. The number of anilines is 1. The third-order valence-corrected chi connectivity index (χ3v) is 7.69. The molecule has 1 aliphatic rings. The fourth-order valence-electron chi connectivity index (χ4n) is 4.09. The van der Waals surface area contributed by atoms with Gasteiger partial charge in [-0.2, -0.15) is 15.1 Å². The third kappa shape index (κ3) is 5.98. The topological polar surface area (TPSA) is 208 Å². The van der Waals surface area contributed by atoms with Gasteiger partial charge in [0.15, 0.2) is 17.4 Å². The molecule has 0 spiro atoms. The predicted molar refractivity (Wildman–Crippen MR) is 139 cm³/mol. The highest BCUT2D eigenvalue weighted by Crippen LogP contribution is 2.47. The minimum absolute atomic E-state index is 0.0564. The van der Waals surface area contributed by atoms with E-state index in [0.29, 0.717) is 5.52 Å². The Morgan fingerprint density at radius 1 is 1.33 bits per heavy atom. The molecule has 1 saturated heterocycles. The summed E-state index contributed by atoms with van der Waals surface area (Å²) in [5.41, 5.74) is 11.5. The van der Waals surface area contributed by atoms with Crippen molar-refractivity contribution in [1.82, 2.24) is 24.6 Å². The number of hydrogen-bond acceptors (Lipinski definition) is 13. The van der Waals surface area contributed by atoms with Crippen molar-refractivity contribution in [1.29, 1.82) is 0 Å². The summed E-state index contributed by atoms with van der Waals surface area (Å²) >= 11 is 0. The van der Waals surface area contributed by atoms with Crippen molar-refractivity contribution >= 4 is 30.8 Å². The highest BCUT2D eigenvalue weighted by molar-refractivity contribution is 7.52. The Kier molecular flexibility index (Phi) is 8.39. The molecule has 4 rings (SSSR count). The van der Waals surface area contributed by atoms with Gasteiger partial charge in [0, 0.05) is 0 Å². The van der Waals surface area contributed by atoms with Gasteiger partial charge in [-0.15, -0.1) is 0 Å². The number of ether oxygens (including phenoxy) is 3. The smallest absolute Gasteiger partial charge is 0.459 e. The Balaban J connectivity index is 1.57. The van der Waals surface area contributed by atoms with E-state index in [1.54, 1.807) is 44.2 Å². The number of aliphatic hydroxyl groups is 1. The summed E-state index contributed by atoms with van der Waals surface area (Å²) in [7, 11) is -2.77. The molecule has 0 saturated carbocycles. The van der Waals surface area contributed by atoms with E-state index in [-0.39, 0.29) is 29.8 Å². The second-order valence-corrected chi connectivity index (χ2v) is 10.7. The average molecular weight is 566 g/mol. The molecule has 3 aromatic rings. The van der Waals surface area contributed by atoms with Gasteiger partial charge in [-0.3, -0.25) is 13.9 Å². The minimum Gasteiger partial charge on any atom is -0.479 e. The van der Waals surface area contributed by atoms with E-state index >= 15 is 0 Å². The molecular weight excluding hydrogens is 533 g/mol. The summed E-state index contributed by atoms with van der Waals surface area (Å²) < 4.78 is 42.8. The van der Waals surface area contributed by atoms with Crippen LogP contribution in [0.2, 0.25) is 0 Å². The molecule has 2 aromatic heterocycles. The van der Waals surface area contributed by atoms with Crippen LogP contribution >= 0.6 is 7.75 Å². The van der Waals surface area contributed by atoms with Gasteiger partial charge in [-0.25, -0.2) is 9.55 Å². The number of esters is 1. The molecule has 0 radical (unpaired) electrons. The number of carbonyl (C=O) groups excluding carboxylic acids is 1. The second-order valence-electron chi connectivity index (χ2n) is 9.05. The van der Waals surface area contributed by atoms with Crippen LogP contribution in [-0.2, 0) is 23.4 Å². The number of nitrogens with two attached hydrogens (primary N) is 2. The fraction of sp³-hybridized carbons (Fsp3) is 0.478. The quantitative estimate of drug-likeness (QED) is 0.190. The van der Waals surface area contributed by atoms with Crippen LogP contribution in [0.5, 0.6) is 11.6 Å². The number of hydrogen-bond donors (Lipinski definition) is 4. The molecule has 15 nitrogen and oxygen atoms in total. The number of para-hydroxylation sites is 1. The molecule has 6 N–H and O–H groups in total. The van der Waals surface area contributed by atoms with Crippen molar-refractivity contribution in [2.45, 2.75) is 50.8 Å². The molecule has 6 atom stereocenters. The van der Waals surface area contributed by atoms with Gasteiger partial charge in [-0.05, 0) is 32.9 Å². The summed E-state index contributed by atoms with van der Waals surface area (Å²) in [4.78, 5) is 24.7. The van der Waals surface area contributed by atoms with Gasteiger partial charge in [0.25, 0.3) is 0 Å². The zero-order chi connectivity index (χ0) is 28.4. The van der Waals surface area contributed by atoms with Crippen molar-refractivity contribution in [3.63, 3.8) is 0 Å². The molecule has 1 unspecified atom stereocenters. The number of fused-ring (bicyclic) bond motifs is 1. The summed E-state index contributed by atoms with van der Waals surface area (Å²) in [6, 6.07) is 7.25. The molecule has 0 aliphatic carbocycles. The molecule has 0 amide bonds. The highest BCUT2D eigenvalue weighted by atomic mass is 31.2. The van der Waals surface area contributed by atoms with E-state index in [9.17, 15) is 14.5 Å². The summed E-state index contributed by atoms with van der Waals surface area (Å²) in [5.74, 6) is -0.309. The zero-order valence-corrected chi connectivity index (χ0v) is 22.8. The fourth-order valence-corrected chi connectivity index (χ4v) is 5.59. The molecule has 1 aliphatic heterocycles. The van der Waals surface area contributed by atoms with Crippen LogP contribution < -0.4 is 25.8 Å². The average Bonchev–Trinajstić information content (AvgIpc) is 3.40. The standard InChI is InChI=1S/C23H32N7O8P/c1-5-35-20(32)13(2)29-39(33,38-14-9-7-6-8-10-14)36-11-15-17(31)23(3,25)21(37-15)30-12-26-16-18(30)27-22(24)28-19(16)34-4/h6-10,12-13,15,17,21,31H,5,11,25H2,1-4H3,(H,29,33)(H2,24,27,28)/t13-,15+,17+,21+,23+,39?/m0/s1. The van der Waals surface area contributed by atoms with Crippen molar-refractivity contribution in [2.75, 3.05) is 26.1 Å². The number of methoxy groups -OCH3 is 1. The van der Waals surface area contributed by atoms with E-state index in [1.165, 1.54) is 24.9 Å². The number of carbonyl (C=O) groups is 1. The number of imidazole rings is 1. The summed E-state index contributed by atoms with van der Waals surface area (Å²) in [6.07, 6.45) is -1.91. The van der Waals surface area contributed by atoms with Crippen LogP contribution in [0.15, 0.2) is 36.7 Å². The van der Waals surface area contributed by atoms with Gasteiger partial charge in [0.05, 0.1) is 32.2 Å². The SMILES string of the molecule is CCOC(=O)[C@H](C)NP(=O)(OC[C@H]1O[C@@H](n2cnc3c(OC)nc(N)nc32)[C@](C)(N)[C@@H]1O)Oc1ccccc1. The largest absolute Gasteiger partial charge is 0.479 e. The number of nitrogens with zero attached hydrogens (tertiary/aromatic N) is 4. The molecule has 3 heterocycles. The van der Waals surface area contributed by atoms with Gasteiger partial charge in [0.2, 0.25) is 11.8 Å². The zero-order valence-electron chi connectivity index (χ0n) is 21.9. The normalized spacial score (nSPS) is 25.2. The lowest BCUT2D eigenvalue weighted by Crippen LogP contribution is -2.52. The highest BCUT2D eigenvalue weighted by Gasteiger charge is 2.53. The van der Waals surface area contributed by atoms with E-state index in [4.69, 9.17) is 34.7 Å². The lowest BCUT2D eigenvalue weighted by atomic mass is 9.93. The van der Waals surface area contributed by atoms with Crippen LogP contribution in [0.3, 0.4) is 0 Å². The Morgan fingerprint density at radius 3 is 2.72 bits per heavy atom. The van der Waals surface area contributed by atoms with Gasteiger partial charge >= 0.3 is 13.7 Å². The maximum absolute atomic E-state index is 13.7. The second kappa shape index (κ2) is 11.4. The van der Waals surface area contributed by atoms with E-state index < -0.39 is 50.3 Å². The lowest BCUT2D eigenvalue weighted by Gasteiger charge is -2.28. The molecule has 1 fully saturated rings. The van der Waals surface area contributed by atoms with E-state index in [0.717, 1.165) is 0 Å². The van der Waals surface area contributed by atoms with Crippen molar-refractivity contribution in [3.8, 4) is 11.6 Å².